The van der Waals surface area contributed by atoms with Crippen LogP contribution in [0.15, 0.2) is 23.6 Å². The molecule has 1 amide bonds. The molecule has 6 heteroatoms. The SMILES string of the molecule is Cc1ccc(F)c(NCc2cc(C(N)=O)cs2)c1F. The highest BCUT2D eigenvalue weighted by Crippen LogP contribution is 2.23. The van der Waals surface area contributed by atoms with Gasteiger partial charge in [-0.05, 0) is 24.6 Å². The number of hydrogen-bond donors (Lipinski definition) is 2. The molecule has 0 aliphatic rings. The van der Waals surface area contributed by atoms with E-state index in [2.05, 4.69) is 5.32 Å². The smallest absolute Gasteiger partial charge is 0.249 e. The van der Waals surface area contributed by atoms with Crippen LogP contribution in [-0.2, 0) is 6.54 Å². The molecular weight excluding hydrogens is 270 g/mol. The van der Waals surface area contributed by atoms with E-state index in [4.69, 9.17) is 5.73 Å². The van der Waals surface area contributed by atoms with Gasteiger partial charge in [-0.25, -0.2) is 8.78 Å². The molecule has 0 saturated heterocycles. The molecule has 0 saturated carbocycles. The quantitative estimate of drug-likeness (QED) is 0.905. The Morgan fingerprint density at radius 2 is 2.16 bits per heavy atom. The number of rotatable bonds is 4. The fraction of sp³-hybridized carbons (Fsp3) is 0.154. The first-order chi connectivity index (χ1) is 8.99. The number of anilines is 1. The number of carbonyl (C=O) groups excluding carboxylic acids is 1. The minimum Gasteiger partial charge on any atom is -0.375 e. The maximum Gasteiger partial charge on any atom is 0.249 e. The number of aryl methyl sites for hydroxylation is 1. The Balaban J connectivity index is 2.14. The van der Waals surface area contributed by atoms with E-state index in [9.17, 15) is 13.6 Å². The number of nitrogens with two attached hydrogens (primary N) is 1. The van der Waals surface area contributed by atoms with Crippen LogP contribution >= 0.6 is 11.3 Å². The second-order valence-electron chi connectivity index (χ2n) is 4.07. The highest BCUT2D eigenvalue weighted by molar-refractivity contribution is 7.10. The number of amides is 1. The Labute approximate surface area is 113 Å². The Kier molecular flexibility index (Phi) is 3.80. The Morgan fingerprint density at radius 3 is 2.79 bits per heavy atom. The lowest BCUT2D eigenvalue weighted by Gasteiger charge is -2.09. The Morgan fingerprint density at radius 1 is 1.42 bits per heavy atom. The molecule has 3 N–H and O–H groups in total. The third kappa shape index (κ3) is 2.90. The standard InChI is InChI=1S/C13H12F2N2OS/c1-7-2-3-10(14)12(11(7)15)17-5-9-4-8(6-19-9)13(16)18/h2-4,6,17H,5H2,1H3,(H2,16,18). The minimum absolute atomic E-state index is 0.158. The van der Waals surface area contributed by atoms with Crippen LogP contribution in [0.1, 0.15) is 20.8 Å². The van der Waals surface area contributed by atoms with Crippen molar-refractivity contribution in [3.63, 3.8) is 0 Å². The first-order valence-electron chi connectivity index (χ1n) is 5.54. The van der Waals surface area contributed by atoms with Crippen molar-refractivity contribution in [1.82, 2.24) is 0 Å². The number of halogens is 2. The fourth-order valence-corrected chi connectivity index (χ4v) is 2.41. The van der Waals surface area contributed by atoms with E-state index in [1.165, 1.54) is 23.5 Å². The normalized spacial score (nSPS) is 10.5. The molecule has 0 fully saturated rings. The predicted octanol–water partition coefficient (Wildman–Crippen LogP) is 3.05. The molecule has 0 unspecified atom stereocenters. The molecular formula is C13H12F2N2OS. The van der Waals surface area contributed by atoms with Gasteiger partial charge in [0.2, 0.25) is 5.91 Å². The summed E-state index contributed by atoms with van der Waals surface area (Å²) in [5, 5.41) is 4.31. The van der Waals surface area contributed by atoms with Crippen LogP contribution in [0, 0.1) is 18.6 Å². The van der Waals surface area contributed by atoms with Crippen LogP contribution in [-0.4, -0.2) is 5.91 Å². The van der Waals surface area contributed by atoms with Crippen molar-refractivity contribution in [1.29, 1.82) is 0 Å². The van der Waals surface area contributed by atoms with Gasteiger partial charge in [0.05, 0.1) is 5.56 Å². The number of nitrogens with one attached hydrogen (secondary N) is 1. The number of carbonyl (C=O) groups is 1. The summed E-state index contributed by atoms with van der Waals surface area (Å²) in [6.07, 6.45) is 0. The molecule has 2 aromatic rings. The van der Waals surface area contributed by atoms with E-state index in [1.807, 2.05) is 0 Å². The van der Waals surface area contributed by atoms with Crippen LogP contribution in [0.5, 0.6) is 0 Å². The summed E-state index contributed by atoms with van der Waals surface area (Å²) in [7, 11) is 0. The molecule has 19 heavy (non-hydrogen) atoms. The molecule has 0 radical (unpaired) electrons. The number of benzene rings is 1. The van der Waals surface area contributed by atoms with E-state index in [0.717, 1.165) is 4.88 Å². The van der Waals surface area contributed by atoms with E-state index in [1.54, 1.807) is 18.4 Å². The monoisotopic (exact) mass is 282 g/mol. The summed E-state index contributed by atoms with van der Waals surface area (Å²) in [4.78, 5) is 11.7. The molecule has 0 bridgehead atoms. The van der Waals surface area contributed by atoms with Crippen molar-refractivity contribution in [2.75, 3.05) is 5.32 Å². The van der Waals surface area contributed by atoms with Gasteiger partial charge >= 0.3 is 0 Å². The van der Waals surface area contributed by atoms with Crippen molar-refractivity contribution >= 4 is 22.9 Å². The van der Waals surface area contributed by atoms with Crippen LogP contribution in [0.3, 0.4) is 0 Å². The maximum atomic E-state index is 13.7. The molecule has 0 atom stereocenters. The second-order valence-corrected chi connectivity index (χ2v) is 5.07. The van der Waals surface area contributed by atoms with E-state index >= 15 is 0 Å². The molecule has 0 aliphatic heterocycles. The van der Waals surface area contributed by atoms with Gasteiger partial charge in [-0.2, -0.15) is 0 Å². The zero-order chi connectivity index (χ0) is 14.0. The molecule has 0 spiro atoms. The zero-order valence-electron chi connectivity index (χ0n) is 10.2. The van der Waals surface area contributed by atoms with Crippen molar-refractivity contribution < 1.29 is 13.6 Å². The highest BCUT2D eigenvalue weighted by Gasteiger charge is 2.12. The van der Waals surface area contributed by atoms with Gasteiger partial charge in [0, 0.05) is 16.8 Å². The van der Waals surface area contributed by atoms with Crippen molar-refractivity contribution in [3.8, 4) is 0 Å². The van der Waals surface area contributed by atoms with Gasteiger partial charge in [-0.3, -0.25) is 4.79 Å². The molecule has 1 heterocycles. The highest BCUT2D eigenvalue weighted by atomic mass is 32.1. The van der Waals surface area contributed by atoms with Crippen LogP contribution in [0.25, 0.3) is 0 Å². The van der Waals surface area contributed by atoms with Gasteiger partial charge in [-0.15, -0.1) is 11.3 Å². The lowest BCUT2D eigenvalue weighted by atomic mass is 10.2. The summed E-state index contributed by atoms with van der Waals surface area (Å²) >= 11 is 1.30. The van der Waals surface area contributed by atoms with Crippen LogP contribution in [0.4, 0.5) is 14.5 Å². The number of hydrogen-bond acceptors (Lipinski definition) is 3. The van der Waals surface area contributed by atoms with Gasteiger partial charge in [-0.1, -0.05) is 6.07 Å². The van der Waals surface area contributed by atoms with Crippen molar-refractivity contribution in [3.05, 3.63) is 51.2 Å². The van der Waals surface area contributed by atoms with Crippen molar-refractivity contribution in [2.24, 2.45) is 5.73 Å². The van der Waals surface area contributed by atoms with E-state index in [0.29, 0.717) is 11.1 Å². The van der Waals surface area contributed by atoms with Gasteiger partial charge in [0.25, 0.3) is 0 Å². The van der Waals surface area contributed by atoms with E-state index in [-0.39, 0.29) is 12.2 Å². The largest absolute Gasteiger partial charge is 0.375 e. The second kappa shape index (κ2) is 5.36. The third-order valence-electron chi connectivity index (χ3n) is 2.66. The van der Waals surface area contributed by atoms with Gasteiger partial charge in [0.15, 0.2) is 5.82 Å². The molecule has 2 rings (SSSR count). The lowest BCUT2D eigenvalue weighted by molar-refractivity contribution is 0.100. The topological polar surface area (TPSA) is 55.1 Å². The predicted molar refractivity (Wildman–Crippen MR) is 71.3 cm³/mol. The van der Waals surface area contributed by atoms with Crippen molar-refractivity contribution in [2.45, 2.75) is 13.5 Å². The Hall–Kier alpha value is -1.95. The average molecular weight is 282 g/mol. The summed E-state index contributed by atoms with van der Waals surface area (Å²) in [6, 6.07) is 4.20. The van der Waals surface area contributed by atoms with E-state index < -0.39 is 17.5 Å². The third-order valence-corrected chi connectivity index (χ3v) is 3.60. The molecule has 1 aromatic heterocycles. The zero-order valence-corrected chi connectivity index (χ0v) is 11.0. The summed E-state index contributed by atoms with van der Waals surface area (Å²) < 4.78 is 27.2. The maximum absolute atomic E-state index is 13.7. The first-order valence-corrected chi connectivity index (χ1v) is 6.42. The van der Waals surface area contributed by atoms with Crippen LogP contribution < -0.4 is 11.1 Å². The molecule has 1 aromatic carbocycles. The van der Waals surface area contributed by atoms with Gasteiger partial charge in [0.1, 0.15) is 11.5 Å². The average Bonchev–Trinajstić information content (AvgIpc) is 2.83. The van der Waals surface area contributed by atoms with Gasteiger partial charge < -0.3 is 11.1 Å². The molecule has 100 valence electrons. The summed E-state index contributed by atoms with van der Waals surface area (Å²) in [6.45, 7) is 1.80. The first kappa shape index (κ1) is 13.5. The lowest BCUT2D eigenvalue weighted by Crippen LogP contribution is -2.09. The number of primary amides is 1. The fourth-order valence-electron chi connectivity index (χ4n) is 1.60. The summed E-state index contributed by atoms with van der Waals surface area (Å²) in [5.74, 6) is -1.77. The number of thiophene rings is 1. The summed E-state index contributed by atoms with van der Waals surface area (Å²) in [5.41, 5.74) is 5.74. The van der Waals surface area contributed by atoms with Crippen LogP contribution in [0.2, 0.25) is 0 Å². The Bertz CT molecular complexity index is 625. The molecule has 0 aliphatic carbocycles. The molecule has 3 nitrogen and oxygen atoms in total. The minimum atomic E-state index is -0.644.